The zero-order valence-corrected chi connectivity index (χ0v) is 22.1. The Bertz CT molecular complexity index is 410. The summed E-state index contributed by atoms with van der Waals surface area (Å²) in [7, 11) is 0. The highest BCUT2D eigenvalue weighted by Crippen LogP contribution is 1.86. The topological polar surface area (TPSA) is 138 Å². The largest absolute Gasteiger partial charge is 0.379 e. The maximum absolute atomic E-state index is 10.1. The minimum atomic E-state index is 0.414. The van der Waals surface area contributed by atoms with Crippen LogP contribution >= 0.6 is 0 Å². The molecule has 0 rings (SSSR count). The third kappa shape index (κ3) is 34.7. The molecule has 1 amide bonds. The molecule has 0 bridgehead atoms. The Morgan fingerprint density at radius 3 is 0.838 bits per heavy atom. The maximum atomic E-state index is 10.1. The van der Waals surface area contributed by atoms with E-state index in [4.69, 9.17) is 47.4 Å². The highest BCUT2D eigenvalue weighted by molar-refractivity contribution is 5.49. The first-order chi connectivity index (χ1) is 18.4. The van der Waals surface area contributed by atoms with Gasteiger partial charge in [0, 0.05) is 13.0 Å². The molecule has 0 saturated carbocycles. The van der Waals surface area contributed by atoms with E-state index < -0.39 is 0 Å². The van der Waals surface area contributed by atoms with Crippen LogP contribution in [0.4, 0.5) is 0 Å². The summed E-state index contributed by atoms with van der Waals surface area (Å²) in [5, 5.41) is 2.51. The van der Waals surface area contributed by atoms with Crippen molar-refractivity contribution in [2.75, 3.05) is 139 Å². The molecule has 0 aliphatic heterocycles. The molecular weight excluding hydrogens is 494 g/mol. The van der Waals surface area contributed by atoms with Crippen LogP contribution in [0.15, 0.2) is 0 Å². The lowest BCUT2D eigenvalue weighted by atomic mass is 10.5. The minimum absolute atomic E-state index is 0.414. The van der Waals surface area contributed by atoms with Crippen LogP contribution in [0.25, 0.3) is 0 Å². The van der Waals surface area contributed by atoms with Crippen LogP contribution in [0.2, 0.25) is 0 Å². The van der Waals surface area contributed by atoms with Crippen LogP contribution in [0.1, 0.15) is 6.42 Å². The second-order valence-corrected chi connectivity index (χ2v) is 7.15. The lowest BCUT2D eigenvalue weighted by Gasteiger charge is -2.09. The molecule has 0 aromatic heterocycles. The SMILES string of the molecule is O=CCCOCCOCCOCCOCCOCCOCCOCCOCCOCCOCCNC=O. The van der Waals surface area contributed by atoms with Gasteiger partial charge in [0.15, 0.2) is 0 Å². The summed E-state index contributed by atoms with van der Waals surface area (Å²) in [5.74, 6) is 0. The van der Waals surface area contributed by atoms with Crippen molar-refractivity contribution < 1.29 is 57.0 Å². The standard InChI is InChI=1S/C24H47NO12/c26-3-1-4-28-6-8-30-10-12-32-14-16-34-18-20-36-22-23-37-21-19-35-17-15-33-13-11-31-9-7-29-5-2-25-24-27/h3,24H,1-2,4-23H2,(H,25,27). The van der Waals surface area contributed by atoms with E-state index in [2.05, 4.69) is 5.32 Å². The number of rotatable bonds is 34. The first kappa shape index (κ1) is 35.7. The van der Waals surface area contributed by atoms with E-state index in [9.17, 15) is 9.59 Å². The lowest BCUT2D eigenvalue weighted by molar-refractivity contribution is -0.110. The quantitative estimate of drug-likeness (QED) is 0.0829. The monoisotopic (exact) mass is 541 g/mol. The van der Waals surface area contributed by atoms with Crippen molar-refractivity contribution in [1.82, 2.24) is 5.32 Å². The van der Waals surface area contributed by atoms with Gasteiger partial charge in [-0.25, -0.2) is 0 Å². The molecule has 1 N–H and O–H groups in total. The molecule has 220 valence electrons. The van der Waals surface area contributed by atoms with E-state index >= 15 is 0 Å². The summed E-state index contributed by atoms with van der Waals surface area (Å²) in [4.78, 5) is 20.1. The van der Waals surface area contributed by atoms with Gasteiger partial charge in [0.05, 0.1) is 132 Å². The van der Waals surface area contributed by atoms with E-state index in [0.29, 0.717) is 152 Å². The number of amides is 1. The Hall–Kier alpha value is -1.26. The molecule has 0 spiro atoms. The minimum Gasteiger partial charge on any atom is -0.379 e. The van der Waals surface area contributed by atoms with Gasteiger partial charge in [-0.1, -0.05) is 0 Å². The van der Waals surface area contributed by atoms with Crippen LogP contribution in [-0.2, 0) is 57.0 Å². The molecule has 0 fully saturated rings. The summed E-state index contributed by atoms with van der Waals surface area (Å²) in [6.45, 7) is 10.3. The van der Waals surface area contributed by atoms with E-state index in [1.54, 1.807) is 0 Å². The Labute approximate surface area is 220 Å². The molecule has 0 aromatic carbocycles. The summed E-state index contributed by atoms with van der Waals surface area (Å²) in [6.07, 6.45) is 1.89. The van der Waals surface area contributed by atoms with Gasteiger partial charge >= 0.3 is 0 Å². The van der Waals surface area contributed by atoms with E-state index in [-0.39, 0.29) is 0 Å². The van der Waals surface area contributed by atoms with Gasteiger partial charge in [0.1, 0.15) is 6.29 Å². The first-order valence-electron chi connectivity index (χ1n) is 12.8. The third-order valence-corrected chi connectivity index (χ3v) is 4.20. The Morgan fingerprint density at radius 1 is 0.351 bits per heavy atom. The van der Waals surface area contributed by atoms with Crippen molar-refractivity contribution in [3.05, 3.63) is 0 Å². The Kier molecular flexibility index (Phi) is 33.6. The van der Waals surface area contributed by atoms with Crippen LogP contribution in [0.5, 0.6) is 0 Å². The van der Waals surface area contributed by atoms with Crippen molar-refractivity contribution in [3.8, 4) is 0 Å². The van der Waals surface area contributed by atoms with Crippen molar-refractivity contribution in [1.29, 1.82) is 0 Å². The van der Waals surface area contributed by atoms with E-state index in [1.807, 2.05) is 0 Å². The number of nitrogens with one attached hydrogen (secondary N) is 1. The van der Waals surface area contributed by atoms with Crippen molar-refractivity contribution in [2.45, 2.75) is 6.42 Å². The molecule has 37 heavy (non-hydrogen) atoms. The van der Waals surface area contributed by atoms with Gasteiger partial charge < -0.3 is 57.5 Å². The molecule has 0 unspecified atom stereocenters. The average molecular weight is 542 g/mol. The molecule has 0 aromatic rings. The fourth-order valence-electron chi connectivity index (χ4n) is 2.40. The maximum Gasteiger partial charge on any atom is 0.207 e. The van der Waals surface area contributed by atoms with Gasteiger partial charge in [-0.05, 0) is 0 Å². The molecule has 0 atom stereocenters. The van der Waals surface area contributed by atoms with Crippen LogP contribution in [0, 0.1) is 0 Å². The summed E-state index contributed by atoms with van der Waals surface area (Å²) < 4.78 is 53.6. The molecule has 0 radical (unpaired) electrons. The summed E-state index contributed by atoms with van der Waals surface area (Å²) in [6, 6.07) is 0. The molecule has 0 saturated heterocycles. The van der Waals surface area contributed by atoms with E-state index in [1.165, 1.54) is 0 Å². The number of aldehydes is 1. The fraction of sp³-hybridized carbons (Fsp3) is 0.917. The second kappa shape index (κ2) is 34.7. The zero-order valence-electron chi connectivity index (χ0n) is 22.1. The van der Waals surface area contributed by atoms with Gasteiger partial charge in [-0.2, -0.15) is 0 Å². The zero-order chi connectivity index (χ0) is 26.7. The van der Waals surface area contributed by atoms with Crippen LogP contribution < -0.4 is 5.32 Å². The Morgan fingerprint density at radius 2 is 0.595 bits per heavy atom. The predicted molar refractivity (Wildman–Crippen MR) is 133 cm³/mol. The number of carbonyl (C=O) groups excluding carboxylic acids is 2. The molecule has 13 heteroatoms. The Balaban J connectivity index is 3.01. The lowest BCUT2D eigenvalue weighted by Crippen LogP contribution is -2.19. The number of carbonyl (C=O) groups is 2. The smallest absolute Gasteiger partial charge is 0.207 e. The van der Waals surface area contributed by atoms with E-state index in [0.717, 1.165) is 6.29 Å². The third-order valence-electron chi connectivity index (χ3n) is 4.20. The normalized spacial score (nSPS) is 11.1. The average Bonchev–Trinajstić information content (AvgIpc) is 2.91. The number of ether oxygens (including phenoxy) is 10. The molecular formula is C24H47NO12. The highest BCUT2D eigenvalue weighted by Gasteiger charge is 1.96. The van der Waals surface area contributed by atoms with Gasteiger partial charge in [0.25, 0.3) is 0 Å². The molecule has 0 heterocycles. The predicted octanol–water partition coefficient (Wildman–Crippen LogP) is -0.513. The fourth-order valence-corrected chi connectivity index (χ4v) is 2.40. The van der Waals surface area contributed by atoms with Crippen molar-refractivity contribution in [3.63, 3.8) is 0 Å². The van der Waals surface area contributed by atoms with Gasteiger partial charge in [-0.3, -0.25) is 4.79 Å². The summed E-state index contributed by atoms with van der Waals surface area (Å²) in [5.41, 5.74) is 0. The van der Waals surface area contributed by atoms with Gasteiger partial charge in [-0.15, -0.1) is 0 Å². The van der Waals surface area contributed by atoms with Crippen molar-refractivity contribution >= 4 is 12.7 Å². The summed E-state index contributed by atoms with van der Waals surface area (Å²) >= 11 is 0. The molecule has 13 nitrogen and oxygen atoms in total. The molecule has 0 aliphatic carbocycles. The second-order valence-electron chi connectivity index (χ2n) is 7.15. The van der Waals surface area contributed by atoms with Crippen LogP contribution in [-0.4, -0.2) is 151 Å². The highest BCUT2D eigenvalue weighted by atomic mass is 16.6. The number of hydrogen-bond acceptors (Lipinski definition) is 12. The first-order valence-corrected chi connectivity index (χ1v) is 12.8. The van der Waals surface area contributed by atoms with Gasteiger partial charge in [0.2, 0.25) is 6.41 Å². The van der Waals surface area contributed by atoms with Crippen LogP contribution in [0.3, 0.4) is 0 Å². The van der Waals surface area contributed by atoms with Crippen molar-refractivity contribution in [2.24, 2.45) is 0 Å². The number of hydrogen-bond donors (Lipinski definition) is 1. The molecule has 0 aliphatic rings.